The summed E-state index contributed by atoms with van der Waals surface area (Å²) < 4.78 is 0. The van der Waals surface area contributed by atoms with E-state index in [1.807, 2.05) is 18.2 Å². The Hall–Kier alpha value is -2.04. The topological polar surface area (TPSA) is 69.2 Å². The second-order valence-electron chi connectivity index (χ2n) is 6.02. The van der Waals surface area contributed by atoms with Crippen LogP contribution >= 0.6 is 0 Å². The van der Waals surface area contributed by atoms with E-state index in [1.165, 1.54) is 4.90 Å². The van der Waals surface area contributed by atoms with Crippen molar-refractivity contribution in [3.05, 3.63) is 30.1 Å². The number of aromatic nitrogens is 2. The van der Waals surface area contributed by atoms with Gasteiger partial charge in [-0.25, -0.2) is 9.78 Å². The van der Waals surface area contributed by atoms with Crippen molar-refractivity contribution in [3.8, 4) is 0 Å². The van der Waals surface area contributed by atoms with Crippen LogP contribution in [0.5, 0.6) is 0 Å². The minimum Gasteiger partial charge on any atom is -0.465 e. The molecule has 1 aliphatic carbocycles. The first-order chi connectivity index (χ1) is 10.1. The third-order valence-electron chi connectivity index (χ3n) is 4.50. The number of para-hydroxylation sites is 2. The highest BCUT2D eigenvalue weighted by molar-refractivity contribution is 5.74. The average Bonchev–Trinajstić information content (AvgIpc) is 2.91. The van der Waals surface area contributed by atoms with Gasteiger partial charge in [-0.1, -0.05) is 12.1 Å². The van der Waals surface area contributed by atoms with Crippen molar-refractivity contribution in [2.24, 2.45) is 5.92 Å². The largest absolute Gasteiger partial charge is 0.465 e. The molecule has 1 saturated carbocycles. The number of hydrogen-bond donors (Lipinski definition) is 2. The van der Waals surface area contributed by atoms with E-state index in [9.17, 15) is 4.79 Å². The Morgan fingerprint density at radius 1 is 1.33 bits per heavy atom. The molecule has 0 unspecified atom stereocenters. The third-order valence-corrected chi connectivity index (χ3v) is 4.50. The SMILES string of the molecule is CN(C[C@H]1CC[C@H](c2nc3ccccc3[nH]2)CC1)C(=O)O. The number of imidazole rings is 1. The lowest BCUT2D eigenvalue weighted by Gasteiger charge is -2.29. The number of nitrogens with one attached hydrogen (secondary N) is 1. The van der Waals surface area contributed by atoms with Crippen molar-refractivity contribution in [1.29, 1.82) is 0 Å². The number of rotatable bonds is 3. The number of fused-ring (bicyclic) bond motifs is 1. The summed E-state index contributed by atoms with van der Waals surface area (Å²) in [6, 6.07) is 8.11. The van der Waals surface area contributed by atoms with E-state index >= 15 is 0 Å². The molecule has 1 aromatic heterocycles. The van der Waals surface area contributed by atoms with Gasteiger partial charge in [0, 0.05) is 19.5 Å². The lowest BCUT2D eigenvalue weighted by atomic mass is 9.81. The smallest absolute Gasteiger partial charge is 0.407 e. The van der Waals surface area contributed by atoms with Crippen molar-refractivity contribution in [1.82, 2.24) is 14.9 Å². The first kappa shape index (κ1) is 13.9. The highest BCUT2D eigenvalue weighted by atomic mass is 16.4. The summed E-state index contributed by atoms with van der Waals surface area (Å²) in [6.07, 6.45) is 3.46. The fourth-order valence-corrected chi connectivity index (χ4v) is 3.25. The van der Waals surface area contributed by atoms with Crippen LogP contribution in [0.4, 0.5) is 4.79 Å². The van der Waals surface area contributed by atoms with E-state index in [2.05, 4.69) is 11.1 Å². The van der Waals surface area contributed by atoms with Crippen LogP contribution in [-0.4, -0.2) is 39.7 Å². The van der Waals surface area contributed by atoms with Crippen molar-refractivity contribution in [2.45, 2.75) is 31.6 Å². The van der Waals surface area contributed by atoms with Gasteiger partial charge >= 0.3 is 6.09 Å². The van der Waals surface area contributed by atoms with E-state index < -0.39 is 6.09 Å². The summed E-state index contributed by atoms with van der Waals surface area (Å²) in [5.41, 5.74) is 2.13. The lowest BCUT2D eigenvalue weighted by Crippen LogP contribution is -2.32. The van der Waals surface area contributed by atoms with Gasteiger partial charge < -0.3 is 15.0 Å². The molecule has 0 aliphatic heterocycles. The summed E-state index contributed by atoms with van der Waals surface area (Å²) in [4.78, 5) is 20.4. The van der Waals surface area contributed by atoms with Gasteiger partial charge in [0.2, 0.25) is 0 Å². The Bertz CT molecular complexity index is 596. The molecular weight excluding hydrogens is 266 g/mol. The average molecular weight is 287 g/mol. The molecule has 3 rings (SSSR count). The first-order valence-corrected chi connectivity index (χ1v) is 7.52. The molecule has 2 N–H and O–H groups in total. The van der Waals surface area contributed by atoms with Crippen LogP contribution < -0.4 is 0 Å². The number of benzene rings is 1. The Labute approximate surface area is 124 Å². The quantitative estimate of drug-likeness (QED) is 0.908. The summed E-state index contributed by atoms with van der Waals surface area (Å²) >= 11 is 0. The first-order valence-electron chi connectivity index (χ1n) is 7.52. The van der Waals surface area contributed by atoms with Gasteiger partial charge in [0.15, 0.2) is 0 Å². The van der Waals surface area contributed by atoms with Crippen molar-refractivity contribution < 1.29 is 9.90 Å². The second kappa shape index (κ2) is 5.76. The fourth-order valence-electron chi connectivity index (χ4n) is 3.25. The Morgan fingerprint density at radius 2 is 2.05 bits per heavy atom. The molecule has 1 aliphatic rings. The Morgan fingerprint density at radius 3 is 2.71 bits per heavy atom. The molecule has 1 fully saturated rings. The van der Waals surface area contributed by atoms with Gasteiger partial charge in [0.05, 0.1) is 11.0 Å². The number of amides is 1. The van der Waals surface area contributed by atoms with E-state index in [4.69, 9.17) is 10.1 Å². The minimum atomic E-state index is -0.839. The maximum atomic E-state index is 10.9. The van der Waals surface area contributed by atoms with E-state index in [0.29, 0.717) is 18.4 Å². The molecule has 1 heterocycles. The third kappa shape index (κ3) is 3.01. The molecule has 5 nitrogen and oxygen atoms in total. The second-order valence-corrected chi connectivity index (χ2v) is 6.02. The lowest BCUT2D eigenvalue weighted by molar-refractivity contribution is 0.142. The number of hydrogen-bond acceptors (Lipinski definition) is 2. The molecule has 0 saturated heterocycles. The van der Waals surface area contributed by atoms with Gasteiger partial charge in [-0.05, 0) is 43.7 Å². The van der Waals surface area contributed by atoms with Crippen molar-refractivity contribution in [2.75, 3.05) is 13.6 Å². The Balaban J connectivity index is 1.61. The number of aromatic amines is 1. The normalized spacial score (nSPS) is 22.3. The number of H-pyrrole nitrogens is 1. The maximum Gasteiger partial charge on any atom is 0.407 e. The predicted octanol–water partition coefficient (Wildman–Crippen LogP) is 3.45. The zero-order valence-corrected chi connectivity index (χ0v) is 12.2. The molecule has 2 aromatic rings. The summed E-state index contributed by atoms with van der Waals surface area (Å²) in [5.74, 6) is 2.04. The van der Waals surface area contributed by atoms with Gasteiger partial charge in [-0.3, -0.25) is 0 Å². The maximum absolute atomic E-state index is 10.9. The monoisotopic (exact) mass is 287 g/mol. The molecule has 1 aromatic carbocycles. The molecule has 21 heavy (non-hydrogen) atoms. The van der Waals surface area contributed by atoms with Crippen LogP contribution in [0.1, 0.15) is 37.4 Å². The number of nitrogens with zero attached hydrogens (tertiary/aromatic N) is 2. The highest BCUT2D eigenvalue weighted by Crippen LogP contribution is 2.35. The Kier molecular flexibility index (Phi) is 3.82. The minimum absolute atomic E-state index is 0.476. The van der Waals surface area contributed by atoms with Gasteiger partial charge in [0.25, 0.3) is 0 Å². The van der Waals surface area contributed by atoms with Crippen LogP contribution in [0, 0.1) is 5.92 Å². The zero-order chi connectivity index (χ0) is 14.8. The molecule has 0 spiro atoms. The van der Waals surface area contributed by atoms with E-state index in [-0.39, 0.29) is 0 Å². The molecule has 0 radical (unpaired) electrons. The van der Waals surface area contributed by atoms with E-state index in [0.717, 1.165) is 42.5 Å². The molecule has 0 atom stereocenters. The fraction of sp³-hybridized carbons (Fsp3) is 0.500. The molecule has 0 bridgehead atoms. The molecule has 1 amide bonds. The summed E-state index contributed by atoms with van der Waals surface area (Å²) in [6.45, 7) is 0.641. The van der Waals surface area contributed by atoms with Crippen LogP contribution in [0.2, 0.25) is 0 Å². The predicted molar refractivity (Wildman–Crippen MR) is 81.4 cm³/mol. The highest BCUT2D eigenvalue weighted by Gasteiger charge is 2.26. The van der Waals surface area contributed by atoms with Gasteiger partial charge in [-0.15, -0.1) is 0 Å². The zero-order valence-electron chi connectivity index (χ0n) is 12.2. The van der Waals surface area contributed by atoms with Crippen LogP contribution in [-0.2, 0) is 0 Å². The van der Waals surface area contributed by atoms with Crippen molar-refractivity contribution >= 4 is 17.1 Å². The summed E-state index contributed by atoms with van der Waals surface area (Å²) in [7, 11) is 1.65. The molecule has 5 heteroatoms. The number of carbonyl (C=O) groups is 1. The standard InChI is InChI=1S/C16H21N3O2/c1-19(16(20)21)10-11-6-8-12(9-7-11)15-17-13-4-2-3-5-14(13)18-15/h2-5,11-12H,6-10H2,1H3,(H,17,18)(H,20,21)/t11-,12-. The molecule has 112 valence electrons. The van der Waals surface area contributed by atoms with Crippen molar-refractivity contribution in [3.63, 3.8) is 0 Å². The summed E-state index contributed by atoms with van der Waals surface area (Å²) in [5, 5.41) is 8.93. The van der Waals surface area contributed by atoms with E-state index in [1.54, 1.807) is 7.05 Å². The van der Waals surface area contributed by atoms with Gasteiger partial charge in [0.1, 0.15) is 5.82 Å². The van der Waals surface area contributed by atoms with Crippen LogP contribution in [0.25, 0.3) is 11.0 Å². The molecular formula is C16H21N3O2. The van der Waals surface area contributed by atoms with Gasteiger partial charge in [-0.2, -0.15) is 0 Å². The number of carboxylic acid groups (broad SMARTS) is 1. The van der Waals surface area contributed by atoms with Crippen LogP contribution in [0.3, 0.4) is 0 Å². The van der Waals surface area contributed by atoms with Crippen LogP contribution in [0.15, 0.2) is 24.3 Å².